The minimum atomic E-state index is -5.64. The Morgan fingerprint density at radius 3 is 2.62 bits per heavy atom. The molecule has 0 aromatic carbocycles. The molecule has 0 aliphatic rings. The summed E-state index contributed by atoms with van der Waals surface area (Å²) in [5.41, 5.74) is 2.94. The second kappa shape index (κ2) is 7.71. The van der Waals surface area contributed by atoms with Gasteiger partial charge in [-0.05, 0) is 31.2 Å². The molecule has 4 rings (SSSR count). The highest BCUT2D eigenvalue weighted by molar-refractivity contribution is 5.79. The molecule has 0 spiro atoms. The summed E-state index contributed by atoms with van der Waals surface area (Å²) in [6, 6.07) is 8.44. The lowest BCUT2D eigenvalue weighted by atomic mass is 10.0. The number of aryl methyl sites for hydroxylation is 2. The summed E-state index contributed by atoms with van der Waals surface area (Å²) in [6.45, 7) is 1.84. The van der Waals surface area contributed by atoms with E-state index in [2.05, 4.69) is 15.0 Å². The zero-order valence-electron chi connectivity index (χ0n) is 16.5. The lowest BCUT2D eigenvalue weighted by Crippen LogP contribution is -2.36. The highest BCUT2D eigenvalue weighted by Gasteiger charge is 2.56. The van der Waals surface area contributed by atoms with E-state index in [0.717, 1.165) is 5.69 Å². The number of pyridine rings is 2. The molecule has 0 unspecified atom stereocenters. The maximum atomic E-state index is 13.2. The number of halogens is 5. The number of aromatic nitrogens is 4. The van der Waals surface area contributed by atoms with Crippen LogP contribution in [-0.2, 0) is 6.42 Å². The zero-order chi connectivity index (χ0) is 23.1. The summed E-state index contributed by atoms with van der Waals surface area (Å²) >= 11 is 0. The van der Waals surface area contributed by atoms with Gasteiger partial charge >= 0.3 is 12.1 Å². The summed E-state index contributed by atoms with van der Waals surface area (Å²) < 4.78 is 70.8. The van der Waals surface area contributed by atoms with E-state index in [4.69, 9.17) is 4.42 Å². The molecule has 0 aliphatic heterocycles. The van der Waals surface area contributed by atoms with Gasteiger partial charge < -0.3 is 8.82 Å². The molecule has 32 heavy (non-hydrogen) atoms. The van der Waals surface area contributed by atoms with Crippen molar-refractivity contribution in [1.82, 2.24) is 19.4 Å². The molecule has 164 valence electrons. The average Bonchev–Trinajstić information content (AvgIpc) is 3.36. The molecular formula is C21H14F5N5O. The lowest BCUT2D eigenvalue weighted by Gasteiger charge is -2.18. The number of rotatable bonds is 5. The van der Waals surface area contributed by atoms with Gasteiger partial charge in [0.15, 0.2) is 11.7 Å². The summed E-state index contributed by atoms with van der Waals surface area (Å²) in [7, 11) is 0. The molecule has 0 amide bonds. The monoisotopic (exact) mass is 447 g/mol. The summed E-state index contributed by atoms with van der Waals surface area (Å²) in [6.07, 6.45) is -3.00. The van der Waals surface area contributed by atoms with Crippen LogP contribution in [0.4, 0.5) is 22.0 Å². The first-order chi connectivity index (χ1) is 15.1. The van der Waals surface area contributed by atoms with E-state index in [1.165, 1.54) is 12.3 Å². The van der Waals surface area contributed by atoms with Crippen molar-refractivity contribution in [2.45, 2.75) is 31.9 Å². The Balaban J connectivity index is 1.69. The van der Waals surface area contributed by atoms with Crippen molar-refractivity contribution < 1.29 is 26.4 Å². The van der Waals surface area contributed by atoms with Gasteiger partial charge in [0.25, 0.3) is 0 Å². The Kier molecular flexibility index (Phi) is 5.16. The molecule has 0 saturated heterocycles. The van der Waals surface area contributed by atoms with Crippen LogP contribution in [0, 0.1) is 18.3 Å². The van der Waals surface area contributed by atoms with Gasteiger partial charge in [-0.25, -0.2) is 15.0 Å². The molecule has 4 heterocycles. The molecule has 0 aliphatic carbocycles. The van der Waals surface area contributed by atoms with Crippen molar-refractivity contribution in [3.8, 4) is 28.7 Å². The summed E-state index contributed by atoms with van der Waals surface area (Å²) in [5.74, 6) is -4.99. The Morgan fingerprint density at radius 2 is 1.91 bits per heavy atom. The second-order valence-corrected chi connectivity index (χ2v) is 7.09. The minimum Gasteiger partial charge on any atom is -0.441 e. The Labute approximate surface area is 178 Å². The molecule has 11 heteroatoms. The Morgan fingerprint density at radius 1 is 1.12 bits per heavy atom. The van der Waals surface area contributed by atoms with E-state index in [9.17, 15) is 27.2 Å². The van der Waals surface area contributed by atoms with Gasteiger partial charge in [0.05, 0.1) is 17.6 Å². The van der Waals surface area contributed by atoms with Crippen molar-refractivity contribution in [2.75, 3.05) is 0 Å². The molecule has 0 atom stereocenters. The van der Waals surface area contributed by atoms with Crippen molar-refractivity contribution in [1.29, 1.82) is 5.26 Å². The highest BCUT2D eigenvalue weighted by atomic mass is 19.4. The van der Waals surface area contributed by atoms with Crippen molar-refractivity contribution in [3.05, 3.63) is 60.1 Å². The van der Waals surface area contributed by atoms with Gasteiger partial charge in [0.1, 0.15) is 17.4 Å². The molecule has 4 aromatic rings. The Bertz CT molecular complexity index is 1330. The van der Waals surface area contributed by atoms with Gasteiger partial charge in [0.2, 0.25) is 0 Å². The fourth-order valence-electron chi connectivity index (χ4n) is 3.15. The van der Waals surface area contributed by atoms with Crippen LogP contribution in [0.1, 0.15) is 23.7 Å². The number of nitrogens with zero attached hydrogens (tertiary/aromatic N) is 5. The van der Waals surface area contributed by atoms with Crippen LogP contribution < -0.4 is 0 Å². The van der Waals surface area contributed by atoms with Gasteiger partial charge in [0, 0.05) is 36.4 Å². The number of alkyl halides is 5. The number of hydrogen-bond donors (Lipinski definition) is 0. The predicted octanol–water partition coefficient (Wildman–Crippen LogP) is 5.36. The molecule has 0 N–H and O–H groups in total. The smallest absolute Gasteiger partial charge is 0.441 e. The van der Waals surface area contributed by atoms with Crippen LogP contribution in [0.25, 0.3) is 28.2 Å². The van der Waals surface area contributed by atoms with Gasteiger partial charge in [-0.2, -0.15) is 27.2 Å². The zero-order valence-corrected chi connectivity index (χ0v) is 16.5. The quantitative estimate of drug-likeness (QED) is 0.385. The third-order valence-corrected chi connectivity index (χ3v) is 4.75. The fraction of sp³-hybridized carbons (Fsp3) is 0.238. The maximum absolute atomic E-state index is 13.2. The third-order valence-electron chi connectivity index (χ3n) is 4.75. The molecule has 4 aromatic heterocycles. The topological polar surface area (TPSA) is 80.0 Å². The first-order valence-electron chi connectivity index (χ1n) is 9.34. The van der Waals surface area contributed by atoms with Crippen LogP contribution in [-0.4, -0.2) is 31.5 Å². The molecule has 0 saturated carbocycles. The fourth-order valence-corrected chi connectivity index (χ4v) is 3.15. The number of imidazole rings is 1. The molecular weight excluding hydrogens is 433 g/mol. The first-order valence-corrected chi connectivity index (χ1v) is 9.34. The van der Waals surface area contributed by atoms with E-state index in [1.807, 2.05) is 19.2 Å². The maximum Gasteiger partial charge on any atom is 0.453 e. The van der Waals surface area contributed by atoms with E-state index < -0.39 is 24.9 Å². The standard InChI is InChI=1S/C21H14F5N5O/c1-12-11-31-7-5-13(8-17(31)29-12)19-15(3-2-14(9-27)30-19)16-10-28-18(32-16)4-6-20(22,23)21(24,25)26/h2-3,5,7-8,10-11H,4,6H2,1H3. The van der Waals surface area contributed by atoms with E-state index >= 15 is 0 Å². The average molecular weight is 447 g/mol. The van der Waals surface area contributed by atoms with Crippen LogP contribution >= 0.6 is 0 Å². The van der Waals surface area contributed by atoms with E-state index in [1.54, 1.807) is 28.8 Å². The number of nitriles is 1. The van der Waals surface area contributed by atoms with Gasteiger partial charge in [-0.1, -0.05) is 0 Å². The van der Waals surface area contributed by atoms with Crippen molar-refractivity contribution in [2.24, 2.45) is 0 Å². The van der Waals surface area contributed by atoms with Crippen LogP contribution in [0.3, 0.4) is 0 Å². The number of fused-ring (bicyclic) bond motifs is 1. The lowest BCUT2D eigenvalue weighted by molar-refractivity contribution is -0.284. The Hall–Kier alpha value is -3.81. The second-order valence-electron chi connectivity index (χ2n) is 7.09. The van der Waals surface area contributed by atoms with Gasteiger partial charge in [-0.3, -0.25) is 0 Å². The molecule has 0 bridgehead atoms. The number of oxazole rings is 1. The molecule has 0 fully saturated rings. The predicted molar refractivity (Wildman–Crippen MR) is 103 cm³/mol. The highest BCUT2D eigenvalue weighted by Crippen LogP contribution is 2.39. The molecule has 0 radical (unpaired) electrons. The SMILES string of the molecule is Cc1cn2ccc(-c3nc(C#N)ccc3-c3cnc(CCC(F)(F)C(F)(F)F)o3)cc2n1. The van der Waals surface area contributed by atoms with E-state index in [0.29, 0.717) is 22.5 Å². The minimum absolute atomic E-state index is 0.127. The third kappa shape index (κ3) is 4.03. The number of hydrogen-bond acceptors (Lipinski definition) is 5. The van der Waals surface area contributed by atoms with E-state index in [-0.39, 0.29) is 17.3 Å². The van der Waals surface area contributed by atoms with Crippen LogP contribution in [0.2, 0.25) is 0 Å². The van der Waals surface area contributed by atoms with Crippen LogP contribution in [0.15, 0.2) is 47.3 Å². The summed E-state index contributed by atoms with van der Waals surface area (Å²) in [5, 5.41) is 9.23. The largest absolute Gasteiger partial charge is 0.453 e. The first kappa shape index (κ1) is 21.4. The summed E-state index contributed by atoms with van der Waals surface area (Å²) in [4.78, 5) is 12.5. The van der Waals surface area contributed by atoms with Gasteiger partial charge in [-0.15, -0.1) is 0 Å². The van der Waals surface area contributed by atoms with Crippen molar-refractivity contribution >= 4 is 5.65 Å². The van der Waals surface area contributed by atoms with Crippen molar-refractivity contribution in [3.63, 3.8) is 0 Å². The van der Waals surface area contributed by atoms with Crippen LogP contribution in [0.5, 0.6) is 0 Å². The normalized spacial score (nSPS) is 12.3. The molecule has 6 nitrogen and oxygen atoms in total.